The van der Waals surface area contributed by atoms with Gasteiger partial charge in [0.25, 0.3) is 5.91 Å². The molecule has 0 aliphatic carbocycles. The summed E-state index contributed by atoms with van der Waals surface area (Å²) in [5.74, 6) is -1.54. The largest absolute Gasteiger partial charge is 0.494 e. The molecule has 3 fully saturated rings. The average Bonchev–Trinajstić information content (AvgIpc) is 3.75. The highest BCUT2D eigenvalue weighted by molar-refractivity contribution is 8.02. The number of amides is 3. The molecule has 6 rings (SSSR count). The summed E-state index contributed by atoms with van der Waals surface area (Å²) in [5.41, 5.74) is 1.89. The number of rotatable bonds is 13. The smallest absolute Gasteiger partial charge is 0.251 e. The Morgan fingerprint density at radius 3 is 2.33 bits per heavy atom. The maximum atomic E-state index is 15.1. The van der Waals surface area contributed by atoms with Gasteiger partial charge in [0.1, 0.15) is 11.8 Å². The van der Waals surface area contributed by atoms with E-state index >= 15 is 4.79 Å². The number of carbonyl (C=O) groups is 3. The molecule has 0 aromatic heterocycles. The monoisotopic (exact) mass is 685 g/mol. The molecule has 3 aliphatic rings. The third-order valence-electron chi connectivity index (χ3n) is 9.71. The Labute approximate surface area is 291 Å². The zero-order valence-corrected chi connectivity index (χ0v) is 28.5. The van der Waals surface area contributed by atoms with Crippen molar-refractivity contribution < 1.29 is 24.2 Å². The zero-order chi connectivity index (χ0) is 34.0. The number of hydrogen-bond acceptors (Lipinski definition) is 6. The van der Waals surface area contributed by atoms with Crippen molar-refractivity contribution in [3.63, 3.8) is 0 Å². The van der Waals surface area contributed by atoms with E-state index in [-0.39, 0.29) is 36.1 Å². The normalized spacial score (nSPS) is 24.6. The molecule has 0 radical (unpaired) electrons. The number of benzene rings is 3. The standard InChI is InChI=1S/C38H40ClN3O5S/c1-4-22-40(26-16-18-27(19-17-26)47-6-3)35(44)32-31-20-21-38(48-31)33(32)36(45)42(30(24-43)25-12-8-7-9-13-25)34(38)37(46)41(23-5-2)29-15-11-10-14-28(29)39/h4-5,7-19,30-34,43H,1-2,6,20-24H2,3H3/t30-,31-,32+,33+,34?,38?/m1/s1. The van der Waals surface area contributed by atoms with Crippen molar-refractivity contribution in [2.75, 3.05) is 36.1 Å². The maximum absolute atomic E-state index is 15.1. The van der Waals surface area contributed by atoms with E-state index in [9.17, 15) is 14.7 Å². The molecule has 250 valence electrons. The Morgan fingerprint density at radius 1 is 1.02 bits per heavy atom. The predicted molar refractivity (Wildman–Crippen MR) is 191 cm³/mol. The summed E-state index contributed by atoms with van der Waals surface area (Å²) >= 11 is 8.22. The molecule has 3 heterocycles. The number of para-hydroxylation sites is 1. The van der Waals surface area contributed by atoms with E-state index in [4.69, 9.17) is 16.3 Å². The molecular formula is C38H40ClN3O5S. The first-order chi connectivity index (χ1) is 23.3. The quantitative estimate of drug-likeness (QED) is 0.213. The lowest BCUT2D eigenvalue weighted by Gasteiger charge is -2.40. The van der Waals surface area contributed by atoms with Gasteiger partial charge in [0.05, 0.1) is 46.5 Å². The number of ether oxygens (including phenoxy) is 1. The second-order valence-electron chi connectivity index (χ2n) is 12.3. The molecule has 2 bridgehead atoms. The van der Waals surface area contributed by atoms with E-state index in [1.807, 2.05) is 67.6 Å². The van der Waals surface area contributed by atoms with Gasteiger partial charge in [-0.25, -0.2) is 0 Å². The van der Waals surface area contributed by atoms with Crippen LogP contribution in [0.15, 0.2) is 104 Å². The van der Waals surface area contributed by atoms with Gasteiger partial charge in [-0.05, 0) is 61.7 Å². The topological polar surface area (TPSA) is 90.4 Å². The fourth-order valence-corrected chi connectivity index (χ4v) is 10.2. The molecular weight excluding hydrogens is 646 g/mol. The molecule has 3 aromatic rings. The van der Waals surface area contributed by atoms with Gasteiger partial charge in [0.15, 0.2) is 0 Å². The van der Waals surface area contributed by atoms with Gasteiger partial charge in [0.2, 0.25) is 11.8 Å². The fourth-order valence-electron chi connectivity index (χ4n) is 7.79. The van der Waals surface area contributed by atoms with Crippen LogP contribution in [0.4, 0.5) is 11.4 Å². The third kappa shape index (κ3) is 5.71. The molecule has 2 unspecified atom stereocenters. The predicted octanol–water partition coefficient (Wildman–Crippen LogP) is 6.30. The number of fused-ring (bicyclic) bond motifs is 1. The van der Waals surface area contributed by atoms with E-state index in [0.29, 0.717) is 47.2 Å². The Kier molecular flexibility index (Phi) is 10.0. The van der Waals surface area contributed by atoms with Gasteiger partial charge in [-0.15, -0.1) is 24.9 Å². The number of anilines is 2. The summed E-state index contributed by atoms with van der Waals surface area (Å²) in [4.78, 5) is 49.5. The molecule has 3 saturated heterocycles. The molecule has 0 saturated carbocycles. The summed E-state index contributed by atoms with van der Waals surface area (Å²) in [6.45, 7) is 10.3. The average molecular weight is 686 g/mol. The van der Waals surface area contributed by atoms with Crippen LogP contribution in [-0.2, 0) is 14.4 Å². The van der Waals surface area contributed by atoms with Crippen LogP contribution in [0.1, 0.15) is 31.4 Å². The first kappa shape index (κ1) is 33.8. The Balaban J connectivity index is 1.45. The van der Waals surface area contributed by atoms with Crippen LogP contribution in [0, 0.1) is 11.8 Å². The van der Waals surface area contributed by atoms with E-state index in [1.54, 1.807) is 56.8 Å². The van der Waals surface area contributed by atoms with Crippen LogP contribution in [-0.4, -0.2) is 70.1 Å². The second-order valence-corrected chi connectivity index (χ2v) is 14.3. The summed E-state index contributed by atoms with van der Waals surface area (Å²) < 4.78 is 4.73. The van der Waals surface area contributed by atoms with E-state index in [2.05, 4.69) is 13.2 Å². The summed E-state index contributed by atoms with van der Waals surface area (Å²) in [6.07, 6.45) is 4.56. The molecule has 8 nitrogen and oxygen atoms in total. The lowest BCUT2D eigenvalue weighted by molar-refractivity contribution is -0.142. The lowest BCUT2D eigenvalue weighted by Crippen LogP contribution is -2.56. The van der Waals surface area contributed by atoms with Crippen molar-refractivity contribution in [2.45, 2.75) is 41.8 Å². The van der Waals surface area contributed by atoms with Crippen molar-refractivity contribution in [3.8, 4) is 5.75 Å². The summed E-state index contributed by atoms with van der Waals surface area (Å²) in [6, 6.07) is 21.9. The highest BCUT2D eigenvalue weighted by Crippen LogP contribution is 2.67. The van der Waals surface area contributed by atoms with Gasteiger partial charge >= 0.3 is 0 Å². The molecule has 3 aromatic carbocycles. The first-order valence-corrected chi connectivity index (χ1v) is 17.5. The number of aliphatic hydroxyl groups is 1. The molecule has 1 N–H and O–H groups in total. The lowest BCUT2D eigenvalue weighted by atomic mass is 9.70. The Hall–Kier alpha value is -4.05. The summed E-state index contributed by atoms with van der Waals surface area (Å²) in [7, 11) is 0. The van der Waals surface area contributed by atoms with Crippen molar-refractivity contribution in [1.29, 1.82) is 0 Å². The van der Waals surface area contributed by atoms with E-state index in [1.165, 1.54) is 0 Å². The minimum Gasteiger partial charge on any atom is -0.494 e. The fraction of sp³-hybridized carbons (Fsp3) is 0.342. The van der Waals surface area contributed by atoms with E-state index < -0.39 is 35.3 Å². The minimum atomic E-state index is -0.963. The van der Waals surface area contributed by atoms with Crippen LogP contribution in [0.25, 0.3) is 0 Å². The number of aliphatic hydroxyl groups excluding tert-OH is 1. The third-order valence-corrected chi connectivity index (χ3v) is 12.0. The molecule has 48 heavy (non-hydrogen) atoms. The zero-order valence-electron chi connectivity index (χ0n) is 26.9. The van der Waals surface area contributed by atoms with Crippen molar-refractivity contribution >= 4 is 52.5 Å². The van der Waals surface area contributed by atoms with Gasteiger partial charge in [-0.3, -0.25) is 14.4 Å². The molecule has 10 heteroatoms. The van der Waals surface area contributed by atoms with Crippen LogP contribution in [0.5, 0.6) is 5.75 Å². The second kappa shape index (κ2) is 14.2. The molecule has 1 spiro atoms. The van der Waals surface area contributed by atoms with Crippen LogP contribution in [0.3, 0.4) is 0 Å². The Morgan fingerprint density at radius 2 is 1.69 bits per heavy atom. The number of thioether (sulfide) groups is 1. The van der Waals surface area contributed by atoms with Gasteiger partial charge in [-0.1, -0.05) is 66.2 Å². The van der Waals surface area contributed by atoms with Gasteiger partial charge in [0, 0.05) is 24.0 Å². The SMILES string of the molecule is C=CCN(C(=O)[C@@H]1[C@H]2C(=O)N([C@H](CO)c3ccccc3)C(C(=O)N(CC=C)c3ccccc3Cl)C23CC[C@H]1S3)c1ccc(OCC)cc1. The van der Waals surface area contributed by atoms with Crippen molar-refractivity contribution in [1.82, 2.24) is 4.90 Å². The maximum Gasteiger partial charge on any atom is 0.251 e. The van der Waals surface area contributed by atoms with E-state index in [0.717, 1.165) is 0 Å². The first-order valence-electron chi connectivity index (χ1n) is 16.3. The highest BCUT2D eigenvalue weighted by Gasteiger charge is 2.75. The van der Waals surface area contributed by atoms with Gasteiger partial charge < -0.3 is 24.5 Å². The molecule has 3 aliphatic heterocycles. The highest BCUT2D eigenvalue weighted by atomic mass is 35.5. The molecule has 6 atom stereocenters. The van der Waals surface area contributed by atoms with Crippen LogP contribution >= 0.6 is 23.4 Å². The number of carbonyl (C=O) groups excluding carboxylic acids is 3. The van der Waals surface area contributed by atoms with Gasteiger partial charge in [-0.2, -0.15) is 0 Å². The van der Waals surface area contributed by atoms with Crippen molar-refractivity contribution in [3.05, 3.63) is 115 Å². The summed E-state index contributed by atoms with van der Waals surface area (Å²) in [5, 5.41) is 11.1. The number of hydrogen-bond donors (Lipinski definition) is 1. The number of halogens is 1. The molecule has 3 amide bonds. The van der Waals surface area contributed by atoms with Crippen LogP contribution < -0.4 is 14.5 Å². The minimum absolute atomic E-state index is 0.156. The number of likely N-dealkylation sites (tertiary alicyclic amines) is 1. The van der Waals surface area contributed by atoms with Crippen LogP contribution in [0.2, 0.25) is 5.02 Å². The number of nitrogens with zero attached hydrogens (tertiary/aromatic N) is 3. The Bertz CT molecular complexity index is 1690. The van der Waals surface area contributed by atoms with Crippen molar-refractivity contribution in [2.24, 2.45) is 11.8 Å².